The number of carbonyl (C=O) groups excluding carboxylic acids is 2. The Labute approximate surface area is 217 Å². The average Bonchev–Trinajstić information content (AvgIpc) is 3.39. The van der Waals surface area contributed by atoms with Crippen molar-refractivity contribution >= 4 is 22.8 Å². The van der Waals surface area contributed by atoms with Crippen LogP contribution in [0.5, 0.6) is 5.75 Å². The second-order valence-electron chi connectivity index (χ2n) is 10.6. The van der Waals surface area contributed by atoms with Crippen LogP contribution < -0.4 is 4.74 Å². The Morgan fingerprint density at radius 2 is 1.78 bits per heavy atom. The summed E-state index contributed by atoms with van der Waals surface area (Å²) in [6.45, 7) is 7.10. The molecule has 2 aromatic carbocycles. The van der Waals surface area contributed by atoms with Gasteiger partial charge in [0.1, 0.15) is 17.3 Å². The zero-order valence-corrected chi connectivity index (χ0v) is 21.9. The fourth-order valence-electron chi connectivity index (χ4n) is 6.40. The number of nitrogens with one attached hydrogen (secondary N) is 1. The standard InChI is InChI=1S/C29H35N5O3/c1-4-29-19-23-22-18-21(37-3)10-11-24(22)30-25(23)26(20-8-6-5-7-9-20)34(29)28(36)33(27(29)35)17-16-32-14-12-31(2)13-15-32/h5-11,18,26,30H,4,12-17,19H2,1-3H3. The molecule has 0 radical (unpaired) electrons. The Kier molecular flexibility index (Phi) is 5.96. The molecule has 4 heterocycles. The van der Waals surface area contributed by atoms with E-state index < -0.39 is 5.54 Å². The molecule has 2 fully saturated rings. The van der Waals surface area contributed by atoms with Crippen LogP contribution in [0.2, 0.25) is 0 Å². The number of hydrogen-bond donors (Lipinski definition) is 1. The predicted molar refractivity (Wildman–Crippen MR) is 143 cm³/mol. The van der Waals surface area contributed by atoms with Crippen LogP contribution in [0.4, 0.5) is 4.79 Å². The highest BCUT2D eigenvalue weighted by molar-refractivity contribution is 6.08. The number of fused-ring (bicyclic) bond motifs is 4. The van der Waals surface area contributed by atoms with Gasteiger partial charge in [-0.2, -0.15) is 0 Å². The van der Waals surface area contributed by atoms with Gasteiger partial charge < -0.3 is 14.6 Å². The summed E-state index contributed by atoms with van der Waals surface area (Å²) in [5.74, 6) is 0.708. The van der Waals surface area contributed by atoms with E-state index in [9.17, 15) is 9.59 Å². The number of aromatic nitrogens is 1. The Bertz CT molecular complexity index is 1330. The molecule has 37 heavy (non-hydrogen) atoms. The molecule has 3 amide bonds. The number of rotatable bonds is 6. The molecule has 6 rings (SSSR count). The third-order valence-corrected chi connectivity index (χ3v) is 8.62. The second kappa shape index (κ2) is 9.19. The molecule has 2 saturated heterocycles. The van der Waals surface area contributed by atoms with E-state index in [2.05, 4.69) is 34.0 Å². The van der Waals surface area contributed by atoms with E-state index in [1.165, 1.54) is 4.90 Å². The number of carbonyl (C=O) groups is 2. The topological polar surface area (TPSA) is 72.1 Å². The number of hydrogen-bond acceptors (Lipinski definition) is 5. The molecule has 0 bridgehead atoms. The first-order valence-corrected chi connectivity index (χ1v) is 13.3. The van der Waals surface area contributed by atoms with Gasteiger partial charge in [0.05, 0.1) is 7.11 Å². The maximum absolute atomic E-state index is 14.2. The highest BCUT2D eigenvalue weighted by atomic mass is 16.5. The van der Waals surface area contributed by atoms with Gasteiger partial charge in [-0.3, -0.25) is 19.5 Å². The van der Waals surface area contributed by atoms with Gasteiger partial charge in [0.2, 0.25) is 0 Å². The van der Waals surface area contributed by atoms with Crippen molar-refractivity contribution in [2.45, 2.75) is 31.3 Å². The monoisotopic (exact) mass is 501 g/mol. The molecule has 2 unspecified atom stereocenters. The quantitative estimate of drug-likeness (QED) is 0.524. The van der Waals surface area contributed by atoms with Crippen molar-refractivity contribution in [1.82, 2.24) is 24.6 Å². The summed E-state index contributed by atoms with van der Waals surface area (Å²) in [5.41, 5.74) is 3.17. The van der Waals surface area contributed by atoms with Gasteiger partial charge >= 0.3 is 6.03 Å². The van der Waals surface area contributed by atoms with E-state index in [4.69, 9.17) is 4.74 Å². The van der Waals surface area contributed by atoms with Gasteiger partial charge in [-0.25, -0.2) is 4.79 Å². The number of likely N-dealkylation sites (N-methyl/N-ethyl adjacent to an activating group) is 1. The lowest BCUT2D eigenvalue weighted by atomic mass is 9.78. The number of nitrogens with zero attached hydrogens (tertiary/aromatic N) is 4. The molecule has 3 aliphatic rings. The van der Waals surface area contributed by atoms with Crippen LogP contribution in [0.15, 0.2) is 48.5 Å². The lowest BCUT2D eigenvalue weighted by molar-refractivity contribution is -0.134. The van der Waals surface area contributed by atoms with Gasteiger partial charge in [-0.05, 0) is 42.8 Å². The number of benzene rings is 2. The molecule has 194 valence electrons. The van der Waals surface area contributed by atoms with Gasteiger partial charge in [0.25, 0.3) is 5.91 Å². The van der Waals surface area contributed by atoms with E-state index in [0.29, 0.717) is 25.9 Å². The zero-order valence-electron chi connectivity index (χ0n) is 21.9. The molecule has 0 saturated carbocycles. The van der Waals surface area contributed by atoms with Crippen LogP contribution in [-0.4, -0.2) is 95.5 Å². The first kappa shape index (κ1) is 24.0. The van der Waals surface area contributed by atoms with Gasteiger partial charge in [0, 0.05) is 62.3 Å². The third-order valence-electron chi connectivity index (χ3n) is 8.62. The molecular formula is C29H35N5O3. The molecule has 0 aliphatic carbocycles. The number of amides is 3. The Hall–Kier alpha value is -3.36. The van der Waals surface area contributed by atoms with Crippen molar-refractivity contribution in [1.29, 1.82) is 0 Å². The van der Waals surface area contributed by atoms with E-state index in [1.807, 2.05) is 48.2 Å². The average molecular weight is 502 g/mol. The molecule has 1 N–H and O–H groups in total. The van der Waals surface area contributed by atoms with Crippen molar-refractivity contribution in [3.8, 4) is 5.75 Å². The molecule has 3 aromatic rings. The summed E-state index contributed by atoms with van der Waals surface area (Å²) in [6.07, 6.45) is 1.05. The maximum Gasteiger partial charge on any atom is 0.328 e. The first-order chi connectivity index (χ1) is 18.0. The van der Waals surface area contributed by atoms with Crippen LogP contribution in [0.25, 0.3) is 10.9 Å². The number of H-pyrrole nitrogens is 1. The van der Waals surface area contributed by atoms with Crippen LogP contribution in [0.1, 0.15) is 36.2 Å². The minimum Gasteiger partial charge on any atom is -0.497 e. The number of ether oxygens (including phenoxy) is 1. The SMILES string of the molecule is CCC12Cc3c([nH]c4ccc(OC)cc34)C(c3ccccc3)N1C(=O)N(CCN1CCN(C)CC1)C2=O. The number of urea groups is 1. The van der Waals surface area contributed by atoms with Crippen molar-refractivity contribution in [2.24, 2.45) is 0 Å². The van der Waals surface area contributed by atoms with Crippen LogP contribution in [0.3, 0.4) is 0 Å². The summed E-state index contributed by atoms with van der Waals surface area (Å²) in [7, 11) is 3.80. The van der Waals surface area contributed by atoms with Crippen molar-refractivity contribution in [3.05, 3.63) is 65.4 Å². The fourth-order valence-corrected chi connectivity index (χ4v) is 6.40. The highest BCUT2D eigenvalue weighted by Gasteiger charge is 2.61. The molecule has 3 aliphatic heterocycles. The minimum atomic E-state index is -0.912. The third kappa shape index (κ3) is 3.73. The fraction of sp³-hybridized carbons (Fsp3) is 0.448. The normalized spacial score (nSPS) is 24.6. The van der Waals surface area contributed by atoms with E-state index in [-0.39, 0.29) is 18.0 Å². The second-order valence-corrected chi connectivity index (χ2v) is 10.6. The summed E-state index contributed by atoms with van der Waals surface area (Å²) in [4.78, 5) is 40.0. The van der Waals surface area contributed by atoms with Gasteiger partial charge in [-0.15, -0.1) is 0 Å². The van der Waals surface area contributed by atoms with Crippen LogP contribution in [-0.2, 0) is 11.2 Å². The van der Waals surface area contributed by atoms with E-state index >= 15 is 0 Å². The van der Waals surface area contributed by atoms with Crippen molar-refractivity contribution in [2.75, 3.05) is 53.4 Å². The summed E-state index contributed by atoms with van der Waals surface area (Å²) in [5, 5.41) is 1.05. The summed E-state index contributed by atoms with van der Waals surface area (Å²) < 4.78 is 5.52. The maximum atomic E-state index is 14.2. The Morgan fingerprint density at radius 1 is 1.03 bits per heavy atom. The first-order valence-electron chi connectivity index (χ1n) is 13.3. The van der Waals surface area contributed by atoms with Gasteiger partial charge in [-0.1, -0.05) is 37.3 Å². The molecule has 2 atom stereocenters. The smallest absolute Gasteiger partial charge is 0.328 e. The zero-order chi connectivity index (χ0) is 25.7. The number of imide groups is 1. The summed E-state index contributed by atoms with van der Waals surface area (Å²) >= 11 is 0. The number of methoxy groups -OCH3 is 1. The predicted octanol–water partition coefficient (Wildman–Crippen LogP) is 3.48. The highest BCUT2D eigenvalue weighted by Crippen LogP contribution is 2.50. The lowest BCUT2D eigenvalue weighted by Gasteiger charge is -2.44. The number of aromatic amines is 1. The Balaban J connectivity index is 1.43. The molecule has 8 heteroatoms. The van der Waals surface area contributed by atoms with E-state index in [1.54, 1.807) is 7.11 Å². The van der Waals surface area contributed by atoms with Crippen molar-refractivity contribution < 1.29 is 14.3 Å². The Morgan fingerprint density at radius 3 is 2.49 bits per heavy atom. The van der Waals surface area contributed by atoms with Crippen LogP contribution in [0, 0.1) is 0 Å². The van der Waals surface area contributed by atoms with Gasteiger partial charge in [0.15, 0.2) is 0 Å². The summed E-state index contributed by atoms with van der Waals surface area (Å²) in [6, 6.07) is 15.5. The lowest BCUT2D eigenvalue weighted by Crippen LogP contribution is -2.55. The van der Waals surface area contributed by atoms with Crippen molar-refractivity contribution in [3.63, 3.8) is 0 Å². The largest absolute Gasteiger partial charge is 0.497 e. The molecular weight excluding hydrogens is 466 g/mol. The van der Waals surface area contributed by atoms with Crippen LogP contribution >= 0.6 is 0 Å². The van der Waals surface area contributed by atoms with E-state index in [0.717, 1.165) is 59.7 Å². The number of piperazine rings is 1. The minimum absolute atomic E-state index is 0.0713. The molecule has 1 aromatic heterocycles. The molecule has 8 nitrogen and oxygen atoms in total. The molecule has 0 spiro atoms.